The third-order valence-corrected chi connectivity index (χ3v) is 3.48. The zero-order chi connectivity index (χ0) is 15.1. The van der Waals surface area contributed by atoms with Gasteiger partial charge in [0.1, 0.15) is 5.75 Å². The molecule has 0 aliphatic carbocycles. The largest absolute Gasteiger partial charge is 0.496 e. The van der Waals surface area contributed by atoms with Crippen molar-refractivity contribution in [3.05, 3.63) is 76.3 Å². The summed E-state index contributed by atoms with van der Waals surface area (Å²) >= 11 is 3.39. The van der Waals surface area contributed by atoms with E-state index in [-0.39, 0.29) is 0 Å². The second kappa shape index (κ2) is 7.47. The molecule has 0 aliphatic heterocycles. The Labute approximate surface area is 133 Å². The first-order chi connectivity index (χ1) is 10.2. The number of rotatable bonds is 4. The van der Waals surface area contributed by atoms with Crippen LogP contribution in [0.1, 0.15) is 11.1 Å². The van der Waals surface area contributed by atoms with E-state index in [1.807, 2.05) is 60.7 Å². The van der Waals surface area contributed by atoms with Gasteiger partial charge < -0.3 is 4.74 Å². The lowest BCUT2D eigenvalue weighted by Crippen LogP contribution is -1.85. The minimum atomic E-state index is 0.619. The van der Waals surface area contributed by atoms with Crippen LogP contribution in [0.3, 0.4) is 0 Å². The fourth-order valence-corrected chi connectivity index (χ4v) is 2.14. The molecule has 0 amide bonds. The summed E-state index contributed by atoms with van der Waals surface area (Å²) in [4.78, 5) is 0. The maximum absolute atomic E-state index is 9.26. The molecule has 2 aromatic carbocycles. The number of allylic oxidation sites excluding steroid dienone is 3. The van der Waals surface area contributed by atoms with Crippen LogP contribution >= 0.6 is 15.9 Å². The van der Waals surface area contributed by atoms with E-state index in [0.717, 1.165) is 21.3 Å². The Morgan fingerprint density at radius 3 is 2.52 bits per heavy atom. The molecule has 0 fully saturated rings. The molecule has 0 atom stereocenters. The predicted octanol–water partition coefficient (Wildman–Crippen LogP) is 5.08. The lowest BCUT2D eigenvalue weighted by molar-refractivity contribution is 0.414. The van der Waals surface area contributed by atoms with E-state index < -0.39 is 0 Å². The molecule has 0 spiro atoms. The summed E-state index contributed by atoms with van der Waals surface area (Å²) in [6, 6.07) is 17.6. The van der Waals surface area contributed by atoms with Crippen LogP contribution in [0, 0.1) is 11.3 Å². The molecule has 0 aliphatic rings. The fraction of sp³-hybridized carbons (Fsp3) is 0.0556. The van der Waals surface area contributed by atoms with Crippen LogP contribution in [0.25, 0.3) is 11.6 Å². The molecule has 0 N–H and O–H groups in total. The molecular formula is C18H14BrNO. The standard InChI is InChI=1S/C18H14BrNO/c1-21-18-8-3-2-5-15(18)6-4-7-16(13-20)14-9-11-17(19)12-10-14/h2-12H,1H3. The van der Waals surface area contributed by atoms with Gasteiger partial charge in [0.2, 0.25) is 0 Å². The normalized spacial score (nSPS) is 11.4. The van der Waals surface area contributed by atoms with Crippen molar-refractivity contribution in [1.29, 1.82) is 5.26 Å². The van der Waals surface area contributed by atoms with Crippen molar-refractivity contribution in [2.24, 2.45) is 0 Å². The first kappa shape index (κ1) is 15.1. The van der Waals surface area contributed by atoms with Crippen molar-refractivity contribution in [2.75, 3.05) is 7.11 Å². The Morgan fingerprint density at radius 1 is 1.14 bits per heavy atom. The number of para-hydroxylation sites is 1. The highest BCUT2D eigenvalue weighted by Gasteiger charge is 1.99. The summed E-state index contributed by atoms with van der Waals surface area (Å²) in [6.45, 7) is 0. The number of hydrogen-bond acceptors (Lipinski definition) is 2. The molecule has 2 nitrogen and oxygen atoms in total. The molecule has 0 saturated carbocycles. The van der Waals surface area contributed by atoms with Crippen LogP contribution in [0.15, 0.2) is 65.2 Å². The third-order valence-electron chi connectivity index (χ3n) is 2.95. The van der Waals surface area contributed by atoms with E-state index in [1.165, 1.54) is 0 Å². The Hall–Kier alpha value is -2.31. The number of halogens is 1. The van der Waals surface area contributed by atoms with Gasteiger partial charge in [-0.15, -0.1) is 0 Å². The van der Waals surface area contributed by atoms with Crippen molar-refractivity contribution in [3.63, 3.8) is 0 Å². The number of benzene rings is 2. The molecular weight excluding hydrogens is 326 g/mol. The number of nitriles is 1. The summed E-state index contributed by atoms with van der Waals surface area (Å²) in [5, 5.41) is 9.26. The monoisotopic (exact) mass is 339 g/mol. The van der Waals surface area contributed by atoms with Crippen LogP contribution in [0.2, 0.25) is 0 Å². The van der Waals surface area contributed by atoms with E-state index >= 15 is 0 Å². The Bertz CT molecular complexity index is 709. The molecule has 21 heavy (non-hydrogen) atoms. The van der Waals surface area contributed by atoms with Crippen LogP contribution < -0.4 is 4.74 Å². The SMILES string of the molecule is COc1ccccc1C=CC=C(C#N)c1ccc(Br)cc1. The second-order valence-electron chi connectivity index (χ2n) is 4.30. The Morgan fingerprint density at radius 2 is 1.86 bits per heavy atom. The average molecular weight is 340 g/mol. The van der Waals surface area contributed by atoms with Crippen LogP contribution in [-0.2, 0) is 0 Å². The van der Waals surface area contributed by atoms with Gasteiger partial charge in [0.15, 0.2) is 0 Å². The highest BCUT2D eigenvalue weighted by atomic mass is 79.9. The van der Waals surface area contributed by atoms with Gasteiger partial charge >= 0.3 is 0 Å². The molecule has 3 heteroatoms. The van der Waals surface area contributed by atoms with Gasteiger partial charge in [0.25, 0.3) is 0 Å². The second-order valence-corrected chi connectivity index (χ2v) is 5.22. The summed E-state index contributed by atoms with van der Waals surface area (Å²) in [5.41, 5.74) is 2.49. The van der Waals surface area contributed by atoms with Gasteiger partial charge in [-0.3, -0.25) is 0 Å². The summed E-state index contributed by atoms with van der Waals surface area (Å²) in [5.74, 6) is 0.810. The zero-order valence-corrected chi connectivity index (χ0v) is 13.2. The van der Waals surface area contributed by atoms with Gasteiger partial charge in [0.05, 0.1) is 18.8 Å². The van der Waals surface area contributed by atoms with Gasteiger partial charge in [-0.25, -0.2) is 0 Å². The van der Waals surface area contributed by atoms with Crippen LogP contribution in [0.5, 0.6) is 5.75 Å². The van der Waals surface area contributed by atoms with Crippen molar-refractivity contribution in [3.8, 4) is 11.8 Å². The summed E-state index contributed by atoms with van der Waals surface area (Å²) < 4.78 is 6.28. The lowest BCUT2D eigenvalue weighted by atomic mass is 10.1. The third kappa shape index (κ3) is 4.08. The maximum Gasteiger partial charge on any atom is 0.126 e. The molecule has 0 saturated heterocycles. The van der Waals surface area contributed by atoms with Crippen molar-refractivity contribution >= 4 is 27.6 Å². The smallest absolute Gasteiger partial charge is 0.126 e. The molecule has 0 aromatic heterocycles. The highest BCUT2D eigenvalue weighted by molar-refractivity contribution is 9.10. The van der Waals surface area contributed by atoms with E-state index in [0.29, 0.717) is 5.57 Å². The van der Waals surface area contributed by atoms with Crippen molar-refractivity contribution < 1.29 is 4.74 Å². The fourth-order valence-electron chi connectivity index (χ4n) is 1.88. The van der Waals surface area contributed by atoms with Crippen molar-refractivity contribution in [2.45, 2.75) is 0 Å². The molecule has 0 bridgehead atoms. The number of methoxy groups -OCH3 is 1. The number of nitrogens with zero attached hydrogens (tertiary/aromatic N) is 1. The quantitative estimate of drug-likeness (QED) is 0.574. The van der Waals surface area contributed by atoms with Gasteiger partial charge in [0, 0.05) is 10.0 Å². The molecule has 0 radical (unpaired) electrons. The summed E-state index contributed by atoms with van der Waals surface area (Å²) in [6.07, 6.45) is 5.59. The van der Waals surface area contributed by atoms with Gasteiger partial charge in [-0.1, -0.05) is 58.4 Å². The molecule has 0 heterocycles. The van der Waals surface area contributed by atoms with E-state index in [2.05, 4.69) is 22.0 Å². The van der Waals surface area contributed by atoms with Crippen molar-refractivity contribution in [1.82, 2.24) is 0 Å². The summed E-state index contributed by atoms with van der Waals surface area (Å²) in [7, 11) is 1.64. The van der Waals surface area contributed by atoms with E-state index in [4.69, 9.17) is 4.74 Å². The molecule has 104 valence electrons. The van der Waals surface area contributed by atoms with Gasteiger partial charge in [-0.05, 0) is 29.8 Å². The molecule has 2 rings (SSSR count). The number of ether oxygens (including phenoxy) is 1. The first-order valence-corrected chi connectivity index (χ1v) is 7.21. The highest BCUT2D eigenvalue weighted by Crippen LogP contribution is 2.20. The Balaban J connectivity index is 2.24. The first-order valence-electron chi connectivity index (χ1n) is 6.42. The lowest BCUT2D eigenvalue weighted by Gasteiger charge is -2.02. The van der Waals surface area contributed by atoms with E-state index in [1.54, 1.807) is 13.2 Å². The maximum atomic E-state index is 9.26. The van der Waals surface area contributed by atoms with Crippen LogP contribution in [0.4, 0.5) is 0 Å². The average Bonchev–Trinajstić information content (AvgIpc) is 2.53. The zero-order valence-electron chi connectivity index (χ0n) is 11.6. The van der Waals surface area contributed by atoms with Gasteiger partial charge in [-0.2, -0.15) is 5.26 Å². The minimum Gasteiger partial charge on any atom is -0.496 e. The Kier molecular flexibility index (Phi) is 5.36. The number of hydrogen-bond donors (Lipinski definition) is 0. The molecule has 0 unspecified atom stereocenters. The van der Waals surface area contributed by atoms with Crippen LogP contribution in [-0.4, -0.2) is 7.11 Å². The minimum absolute atomic E-state index is 0.619. The van der Waals surface area contributed by atoms with E-state index in [9.17, 15) is 5.26 Å². The molecule has 2 aromatic rings. The predicted molar refractivity (Wildman–Crippen MR) is 89.8 cm³/mol. The topological polar surface area (TPSA) is 33.0 Å².